The molecule has 1 aromatic heterocycles. The van der Waals surface area contributed by atoms with E-state index in [1.54, 1.807) is 50.4 Å². The minimum atomic E-state index is -0.497. The van der Waals surface area contributed by atoms with Crippen molar-refractivity contribution < 1.29 is 23.4 Å². The summed E-state index contributed by atoms with van der Waals surface area (Å²) in [6, 6.07) is 11.9. The molecule has 0 fully saturated rings. The number of carbonyl (C=O) groups is 1. The SMILES string of the molecule is CCC(=O)Oc1ccc2cc(-c3ccc(OC)c(OC)c3)c(=O)oc2c1. The Morgan fingerprint density at radius 2 is 1.77 bits per heavy atom. The van der Waals surface area contributed by atoms with Crippen LogP contribution in [0.2, 0.25) is 0 Å². The van der Waals surface area contributed by atoms with E-state index in [4.69, 9.17) is 18.6 Å². The zero-order chi connectivity index (χ0) is 18.7. The van der Waals surface area contributed by atoms with Gasteiger partial charge in [0.15, 0.2) is 11.5 Å². The molecule has 2 aromatic carbocycles. The van der Waals surface area contributed by atoms with Gasteiger partial charge in [-0.05, 0) is 35.9 Å². The first-order valence-electron chi connectivity index (χ1n) is 8.06. The Kier molecular flexibility index (Phi) is 4.93. The van der Waals surface area contributed by atoms with Crippen LogP contribution in [0, 0.1) is 0 Å². The van der Waals surface area contributed by atoms with Gasteiger partial charge < -0.3 is 18.6 Å². The molecule has 134 valence electrons. The lowest BCUT2D eigenvalue weighted by atomic mass is 10.1. The number of rotatable bonds is 5. The largest absolute Gasteiger partial charge is 0.493 e. The Labute approximate surface area is 149 Å². The van der Waals surface area contributed by atoms with E-state index in [-0.39, 0.29) is 12.4 Å². The summed E-state index contributed by atoms with van der Waals surface area (Å²) >= 11 is 0. The topological polar surface area (TPSA) is 75.0 Å². The highest BCUT2D eigenvalue weighted by Gasteiger charge is 2.12. The summed E-state index contributed by atoms with van der Waals surface area (Å²) in [5.41, 5.74) is 0.904. The van der Waals surface area contributed by atoms with E-state index in [1.807, 2.05) is 0 Å². The summed E-state index contributed by atoms with van der Waals surface area (Å²) in [5.74, 6) is 1.08. The summed E-state index contributed by atoms with van der Waals surface area (Å²) in [6.45, 7) is 1.71. The molecule has 0 bridgehead atoms. The first kappa shape index (κ1) is 17.5. The lowest BCUT2D eigenvalue weighted by molar-refractivity contribution is -0.134. The molecule has 0 atom stereocenters. The van der Waals surface area contributed by atoms with Crippen molar-refractivity contribution >= 4 is 16.9 Å². The van der Waals surface area contributed by atoms with Gasteiger partial charge in [-0.15, -0.1) is 0 Å². The molecule has 6 nitrogen and oxygen atoms in total. The zero-order valence-corrected chi connectivity index (χ0v) is 14.7. The van der Waals surface area contributed by atoms with Crippen molar-refractivity contribution in [3.05, 3.63) is 52.9 Å². The van der Waals surface area contributed by atoms with Crippen LogP contribution in [-0.4, -0.2) is 20.2 Å². The van der Waals surface area contributed by atoms with Crippen molar-refractivity contribution in [1.29, 1.82) is 0 Å². The zero-order valence-electron chi connectivity index (χ0n) is 14.7. The standard InChI is InChI=1S/C20H18O6/c1-4-19(21)25-14-7-5-13-9-15(20(22)26-17(13)11-14)12-6-8-16(23-2)18(10-12)24-3/h5-11H,4H2,1-3H3. The second-order valence-electron chi connectivity index (χ2n) is 5.54. The smallest absolute Gasteiger partial charge is 0.344 e. The molecule has 0 aliphatic heterocycles. The molecule has 0 spiro atoms. The molecule has 6 heteroatoms. The molecule has 0 aliphatic rings. The normalized spacial score (nSPS) is 10.6. The lowest BCUT2D eigenvalue weighted by Gasteiger charge is -2.10. The van der Waals surface area contributed by atoms with Crippen LogP contribution in [0.4, 0.5) is 0 Å². The quantitative estimate of drug-likeness (QED) is 0.394. The number of methoxy groups -OCH3 is 2. The number of benzene rings is 2. The second-order valence-corrected chi connectivity index (χ2v) is 5.54. The van der Waals surface area contributed by atoms with Gasteiger partial charge in [0.2, 0.25) is 0 Å². The van der Waals surface area contributed by atoms with E-state index in [2.05, 4.69) is 0 Å². The van der Waals surface area contributed by atoms with Crippen molar-refractivity contribution in [2.45, 2.75) is 13.3 Å². The Hall–Kier alpha value is -3.28. The number of hydrogen-bond acceptors (Lipinski definition) is 6. The third-order valence-corrected chi connectivity index (χ3v) is 3.92. The van der Waals surface area contributed by atoms with Crippen LogP contribution in [0.3, 0.4) is 0 Å². The predicted molar refractivity (Wildman–Crippen MR) is 97.0 cm³/mol. The molecule has 0 aliphatic carbocycles. The fraction of sp³-hybridized carbons (Fsp3) is 0.200. The summed E-state index contributed by atoms with van der Waals surface area (Å²) in [6.07, 6.45) is 0.264. The minimum Gasteiger partial charge on any atom is -0.493 e. The van der Waals surface area contributed by atoms with Gasteiger partial charge in [0.25, 0.3) is 0 Å². The Morgan fingerprint density at radius 1 is 1.00 bits per heavy atom. The maximum Gasteiger partial charge on any atom is 0.344 e. The molecule has 3 aromatic rings. The molecule has 0 N–H and O–H groups in total. The van der Waals surface area contributed by atoms with E-state index >= 15 is 0 Å². The summed E-state index contributed by atoms with van der Waals surface area (Å²) in [7, 11) is 3.08. The third-order valence-electron chi connectivity index (χ3n) is 3.92. The number of ether oxygens (including phenoxy) is 3. The maximum absolute atomic E-state index is 12.4. The van der Waals surface area contributed by atoms with Crippen molar-refractivity contribution in [2.75, 3.05) is 14.2 Å². The highest BCUT2D eigenvalue weighted by Crippen LogP contribution is 2.32. The average Bonchev–Trinajstić information content (AvgIpc) is 2.66. The van der Waals surface area contributed by atoms with E-state index in [9.17, 15) is 9.59 Å². The number of hydrogen-bond donors (Lipinski definition) is 0. The van der Waals surface area contributed by atoms with Gasteiger partial charge in [0.1, 0.15) is 11.3 Å². The fourth-order valence-electron chi connectivity index (χ4n) is 2.56. The van der Waals surface area contributed by atoms with E-state index in [1.165, 1.54) is 13.2 Å². The van der Waals surface area contributed by atoms with Crippen molar-refractivity contribution in [1.82, 2.24) is 0 Å². The molecule has 3 rings (SSSR count). The highest BCUT2D eigenvalue weighted by molar-refractivity contribution is 5.84. The van der Waals surface area contributed by atoms with Gasteiger partial charge in [0, 0.05) is 17.9 Å². The molecule has 0 unspecified atom stereocenters. The van der Waals surface area contributed by atoms with Gasteiger partial charge >= 0.3 is 11.6 Å². The predicted octanol–water partition coefficient (Wildman–Crippen LogP) is 3.79. The molecular formula is C20H18O6. The van der Waals surface area contributed by atoms with E-state index < -0.39 is 5.63 Å². The molecule has 0 saturated carbocycles. The molecule has 0 saturated heterocycles. The van der Waals surface area contributed by atoms with Gasteiger partial charge in [0.05, 0.1) is 19.8 Å². The van der Waals surface area contributed by atoms with Crippen molar-refractivity contribution in [2.24, 2.45) is 0 Å². The van der Waals surface area contributed by atoms with Crippen LogP contribution in [-0.2, 0) is 4.79 Å². The van der Waals surface area contributed by atoms with Gasteiger partial charge in [-0.3, -0.25) is 4.79 Å². The second kappa shape index (κ2) is 7.31. The molecule has 26 heavy (non-hydrogen) atoms. The fourth-order valence-corrected chi connectivity index (χ4v) is 2.56. The Morgan fingerprint density at radius 3 is 2.46 bits per heavy atom. The van der Waals surface area contributed by atoms with Crippen LogP contribution in [0.1, 0.15) is 13.3 Å². The van der Waals surface area contributed by atoms with Crippen LogP contribution in [0.25, 0.3) is 22.1 Å². The van der Waals surface area contributed by atoms with Crippen molar-refractivity contribution in [3.63, 3.8) is 0 Å². The Bertz CT molecular complexity index is 1020. The Balaban J connectivity index is 2.05. The maximum atomic E-state index is 12.4. The number of carbonyl (C=O) groups excluding carboxylic acids is 1. The highest BCUT2D eigenvalue weighted by atomic mass is 16.5. The van der Waals surface area contributed by atoms with Gasteiger partial charge in [-0.1, -0.05) is 13.0 Å². The van der Waals surface area contributed by atoms with Crippen molar-refractivity contribution in [3.8, 4) is 28.4 Å². The minimum absolute atomic E-state index is 0.264. The summed E-state index contributed by atoms with van der Waals surface area (Å²) < 4.78 is 21.1. The molecule has 0 radical (unpaired) electrons. The number of fused-ring (bicyclic) bond motifs is 1. The molecule has 1 heterocycles. The van der Waals surface area contributed by atoms with Gasteiger partial charge in [-0.25, -0.2) is 4.79 Å². The van der Waals surface area contributed by atoms with Crippen LogP contribution < -0.4 is 19.8 Å². The summed E-state index contributed by atoms with van der Waals surface area (Å²) in [5, 5.41) is 0.714. The first-order valence-corrected chi connectivity index (χ1v) is 8.06. The van der Waals surface area contributed by atoms with Crippen LogP contribution >= 0.6 is 0 Å². The first-order chi connectivity index (χ1) is 12.5. The third kappa shape index (κ3) is 3.39. The average molecular weight is 354 g/mol. The monoisotopic (exact) mass is 354 g/mol. The van der Waals surface area contributed by atoms with E-state index in [0.717, 1.165) is 0 Å². The van der Waals surface area contributed by atoms with Gasteiger partial charge in [-0.2, -0.15) is 0 Å². The van der Waals surface area contributed by atoms with E-state index in [0.29, 0.717) is 39.3 Å². The van der Waals surface area contributed by atoms with Crippen LogP contribution in [0.15, 0.2) is 51.7 Å². The number of esters is 1. The lowest BCUT2D eigenvalue weighted by Crippen LogP contribution is -2.06. The molecule has 0 amide bonds. The molecular weight excluding hydrogens is 336 g/mol. The van der Waals surface area contributed by atoms with Crippen LogP contribution in [0.5, 0.6) is 17.2 Å². The summed E-state index contributed by atoms with van der Waals surface area (Å²) in [4.78, 5) is 23.8.